The summed E-state index contributed by atoms with van der Waals surface area (Å²) in [7, 11) is 0. The van der Waals surface area contributed by atoms with Gasteiger partial charge in [0, 0.05) is 0 Å². The number of rotatable bonds is 4. The summed E-state index contributed by atoms with van der Waals surface area (Å²) in [5, 5.41) is 0. The van der Waals surface area contributed by atoms with Crippen molar-refractivity contribution in [1.29, 1.82) is 0 Å². The fourth-order valence-corrected chi connectivity index (χ4v) is 2.42. The van der Waals surface area contributed by atoms with Gasteiger partial charge < -0.3 is 14.4 Å². The quantitative estimate of drug-likeness (QED) is 0.834. The van der Waals surface area contributed by atoms with Crippen LogP contribution in [0.15, 0.2) is 30.3 Å². The average Bonchev–Trinajstić information content (AvgIpc) is 2.29. The van der Waals surface area contributed by atoms with Crippen LogP contribution in [-0.4, -0.2) is 38.4 Å². The number of benzene rings is 1. The Hall–Kier alpha value is -1.06. The molecule has 17 heavy (non-hydrogen) atoms. The second-order valence-electron chi connectivity index (χ2n) is 4.83. The molecule has 3 heteroatoms. The van der Waals surface area contributed by atoms with E-state index in [2.05, 4.69) is 13.8 Å². The van der Waals surface area contributed by atoms with Crippen LogP contribution in [0, 0.1) is 0 Å². The van der Waals surface area contributed by atoms with Crippen LogP contribution in [0.4, 0.5) is 0 Å². The van der Waals surface area contributed by atoms with Crippen molar-refractivity contribution in [2.24, 2.45) is 0 Å². The highest BCUT2D eigenvalue weighted by Crippen LogP contribution is 2.07. The molecule has 1 N–H and O–H groups in total. The molecule has 1 heterocycles. The summed E-state index contributed by atoms with van der Waals surface area (Å²) in [5.41, 5.74) is 0. The highest BCUT2D eigenvalue weighted by atomic mass is 16.5. The van der Waals surface area contributed by atoms with E-state index in [9.17, 15) is 0 Å². The molecule has 0 amide bonds. The zero-order chi connectivity index (χ0) is 12.1. The Kier molecular flexibility index (Phi) is 4.40. The molecule has 0 aromatic heterocycles. The van der Waals surface area contributed by atoms with Crippen molar-refractivity contribution < 1.29 is 14.4 Å². The van der Waals surface area contributed by atoms with Gasteiger partial charge in [-0.05, 0) is 26.0 Å². The lowest BCUT2D eigenvalue weighted by atomic mass is 10.2. The van der Waals surface area contributed by atoms with Gasteiger partial charge in [-0.3, -0.25) is 0 Å². The van der Waals surface area contributed by atoms with Gasteiger partial charge >= 0.3 is 0 Å². The molecule has 1 aliphatic heterocycles. The molecule has 2 atom stereocenters. The van der Waals surface area contributed by atoms with E-state index in [-0.39, 0.29) is 0 Å². The summed E-state index contributed by atoms with van der Waals surface area (Å²) in [6, 6.07) is 10.0. The molecule has 2 rings (SSSR count). The Morgan fingerprint density at radius 3 is 2.47 bits per heavy atom. The lowest BCUT2D eigenvalue weighted by molar-refractivity contribution is -0.915. The zero-order valence-corrected chi connectivity index (χ0v) is 10.7. The molecule has 1 aromatic carbocycles. The molecule has 3 nitrogen and oxygen atoms in total. The average molecular weight is 236 g/mol. The Morgan fingerprint density at radius 1 is 1.18 bits per heavy atom. The third-order valence-corrected chi connectivity index (χ3v) is 3.08. The monoisotopic (exact) mass is 236 g/mol. The SMILES string of the molecule is C[C@H]1C[NH+](CCOc2ccccc2)C[C@H](C)O1. The molecule has 94 valence electrons. The van der Waals surface area contributed by atoms with Gasteiger partial charge in [0.1, 0.15) is 44.2 Å². The summed E-state index contributed by atoms with van der Waals surface area (Å²) in [6.45, 7) is 8.29. The zero-order valence-electron chi connectivity index (χ0n) is 10.7. The van der Waals surface area contributed by atoms with Crippen LogP contribution >= 0.6 is 0 Å². The van der Waals surface area contributed by atoms with Crippen LogP contribution in [0.25, 0.3) is 0 Å². The molecule has 0 aliphatic carbocycles. The van der Waals surface area contributed by atoms with Crippen molar-refractivity contribution >= 4 is 0 Å². The lowest BCUT2D eigenvalue weighted by Crippen LogP contribution is -3.16. The van der Waals surface area contributed by atoms with Gasteiger partial charge in [0.15, 0.2) is 0 Å². The van der Waals surface area contributed by atoms with Gasteiger partial charge in [0.2, 0.25) is 0 Å². The molecule has 1 fully saturated rings. The molecular formula is C14H22NO2+. The smallest absolute Gasteiger partial charge is 0.137 e. The minimum Gasteiger partial charge on any atom is -0.488 e. The highest BCUT2D eigenvalue weighted by Gasteiger charge is 2.25. The van der Waals surface area contributed by atoms with E-state index in [1.54, 1.807) is 4.90 Å². The van der Waals surface area contributed by atoms with Crippen molar-refractivity contribution in [1.82, 2.24) is 0 Å². The number of morpholine rings is 1. The first-order valence-electron chi connectivity index (χ1n) is 6.41. The maximum absolute atomic E-state index is 5.72. The minimum absolute atomic E-state index is 0.366. The summed E-state index contributed by atoms with van der Waals surface area (Å²) in [6.07, 6.45) is 0.732. The van der Waals surface area contributed by atoms with E-state index in [4.69, 9.17) is 9.47 Å². The van der Waals surface area contributed by atoms with E-state index in [0.717, 1.165) is 32.0 Å². The molecule has 1 aliphatic rings. The van der Waals surface area contributed by atoms with Gasteiger partial charge in [0.25, 0.3) is 0 Å². The second-order valence-corrected chi connectivity index (χ2v) is 4.83. The van der Waals surface area contributed by atoms with Crippen LogP contribution in [0.5, 0.6) is 5.75 Å². The van der Waals surface area contributed by atoms with Crippen molar-refractivity contribution in [3.63, 3.8) is 0 Å². The van der Waals surface area contributed by atoms with Gasteiger partial charge in [0.05, 0.1) is 0 Å². The standard InChI is InChI=1S/C14H21NO2/c1-12-10-15(11-13(2)17-12)8-9-16-14-6-4-3-5-7-14/h3-7,12-13H,8-11H2,1-2H3/p+1/t12-,13-/m0/s1. The van der Waals surface area contributed by atoms with Crippen molar-refractivity contribution in [2.75, 3.05) is 26.2 Å². The number of hydrogen-bond acceptors (Lipinski definition) is 2. The summed E-state index contributed by atoms with van der Waals surface area (Å²) in [5.74, 6) is 0.959. The molecule has 0 bridgehead atoms. The molecule has 0 radical (unpaired) electrons. The van der Waals surface area contributed by atoms with E-state index in [1.165, 1.54) is 0 Å². The van der Waals surface area contributed by atoms with Crippen molar-refractivity contribution in [3.05, 3.63) is 30.3 Å². The van der Waals surface area contributed by atoms with E-state index in [1.807, 2.05) is 30.3 Å². The number of hydrogen-bond donors (Lipinski definition) is 1. The Morgan fingerprint density at radius 2 is 1.82 bits per heavy atom. The second kappa shape index (κ2) is 6.03. The molecule has 0 unspecified atom stereocenters. The molecule has 0 saturated carbocycles. The summed E-state index contributed by atoms with van der Waals surface area (Å²) in [4.78, 5) is 1.58. The van der Waals surface area contributed by atoms with Gasteiger partial charge in [-0.25, -0.2) is 0 Å². The maximum atomic E-state index is 5.72. The first kappa shape index (κ1) is 12.4. The lowest BCUT2D eigenvalue weighted by Gasteiger charge is -2.32. The van der Waals surface area contributed by atoms with Gasteiger partial charge in [-0.15, -0.1) is 0 Å². The fourth-order valence-electron chi connectivity index (χ4n) is 2.42. The number of quaternary nitrogens is 1. The topological polar surface area (TPSA) is 22.9 Å². The Labute approximate surface area is 103 Å². The highest BCUT2D eigenvalue weighted by molar-refractivity contribution is 5.20. The predicted octanol–water partition coefficient (Wildman–Crippen LogP) is 0.757. The fraction of sp³-hybridized carbons (Fsp3) is 0.571. The van der Waals surface area contributed by atoms with Crippen LogP contribution in [0.2, 0.25) is 0 Å². The van der Waals surface area contributed by atoms with Crippen LogP contribution in [-0.2, 0) is 4.74 Å². The molecular weight excluding hydrogens is 214 g/mol. The first-order valence-corrected chi connectivity index (χ1v) is 6.41. The maximum Gasteiger partial charge on any atom is 0.137 e. The van der Waals surface area contributed by atoms with Crippen molar-refractivity contribution in [3.8, 4) is 5.75 Å². The predicted molar refractivity (Wildman–Crippen MR) is 67.5 cm³/mol. The first-order chi connectivity index (χ1) is 8.24. The molecule has 1 saturated heterocycles. The summed E-state index contributed by atoms with van der Waals surface area (Å²) < 4.78 is 11.4. The number of ether oxygens (including phenoxy) is 2. The Balaban J connectivity index is 1.71. The van der Waals surface area contributed by atoms with E-state index in [0.29, 0.717) is 12.2 Å². The van der Waals surface area contributed by atoms with E-state index < -0.39 is 0 Å². The van der Waals surface area contributed by atoms with Gasteiger partial charge in [-0.2, -0.15) is 0 Å². The summed E-state index contributed by atoms with van der Waals surface area (Å²) >= 11 is 0. The van der Waals surface area contributed by atoms with Gasteiger partial charge in [-0.1, -0.05) is 18.2 Å². The van der Waals surface area contributed by atoms with Crippen LogP contribution in [0.1, 0.15) is 13.8 Å². The van der Waals surface area contributed by atoms with Crippen LogP contribution < -0.4 is 9.64 Å². The minimum atomic E-state index is 0.366. The Bertz CT molecular complexity index is 318. The molecule has 1 aromatic rings. The van der Waals surface area contributed by atoms with Crippen molar-refractivity contribution in [2.45, 2.75) is 26.1 Å². The third kappa shape index (κ3) is 4.02. The largest absolute Gasteiger partial charge is 0.488 e. The normalized spacial score (nSPS) is 28.9. The number of nitrogens with one attached hydrogen (secondary N) is 1. The number of para-hydroxylation sites is 1. The molecule has 0 spiro atoms. The van der Waals surface area contributed by atoms with Crippen LogP contribution in [0.3, 0.4) is 0 Å². The third-order valence-electron chi connectivity index (χ3n) is 3.08. The van der Waals surface area contributed by atoms with E-state index >= 15 is 0 Å².